The van der Waals surface area contributed by atoms with Crippen molar-refractivity contribution >= 4 is 27.9 Å². The number of rotatable bonds is 2. The van der Waals surface area contributed by atoms with Gasteiger partial charge in [-0.2, -0.15) is 0 Å². The lowest BCUT2D eigenvalue weighted by Gasteiger charge is -2.30. The van der Waals surface area contributed by atoms with Crippen molar-refractivity contribution in [2.24, 2.45) is 4.99 Å². The lowest BCUT2D eigenvalue weighted by atomic mass is 10.2. The molecule has 22 heavy (non-hydrogen) atoms. The summed E-state index contributed by atoms with van der Waals surface area (Å²) in [5.41, 5.74) is 0.682. The Morgan fingerprint density at radius 2 is 2.23 bits per heavy atom. The molecule has 0 spiro atoms. The van der Waals surface area contributed by atoms with Crippen molar-refractivity contribution in [2.45, 2.75) is 32.9 Å². The van der Waals surface area contributed by atoms with Crippen molar-refractivity contribution in [1.29, 1.82) is 0 Å². The van der Waals surface area contributed by atoms with Crippen LogP contribution >= 0.6 is 15.9 Å². The molecule has 1 aliphatic heterocycles. The minimum atomic E-state index is -0.477. The van der Waals surface area contributed by atoms with Gasteiger partial charge in [-0.05, 0) is 38.5 Å². The van der Waals surface area contributed by atoms with Crippen LogP contribution in [-0.4, -0.2) is 42.1 Å². The van der Waals surface area contributed by atoms with Gasteiger partial charge in [0.25, 0.3) is 0 Å². The Labute approximate surface area is 139 Å². The molecule has 1 aromatic carbocycles. The monoisotopic (exact) mass is 367 g/mol. The first kappa shape index (κ1) is 16.8. The summed E-state index contributed by atoms with van der Waals surface area (Å²) in [5.74, 6) is 0.817. The number of amidine groups is 1. The molecule has 0 saturated heterocycles. The third kappa shape index (κ3) is 5.33. The van der Waals surface area contributed by atoms with Gasteiger partial charge in [0.1, 0.15) is 11.4 Å². The first-order chi connectivity index (χ1) is 10.3. The van der Waals surface area contributed by atoms with Crippen molar-refractivity contribution in [3.63, 3.8) is 0 Å². The summed E-state index contributed by atoms with van der Waals surface area (Å²) in [5, 5.41) is 3.29. The molecule has 2 rings (SSSR count). The first-order valence-electron chi connectivity index (χ1n) is 7.33. The van der Waals surface area contributed by atoms with E-state index in [4.69, 9.17) is 4.74 Å². The zero-order chi connectivity index (χ0) is 16.2. The third-order valence-corrected chi connectivity index (χ3v) is 3.54. The topological polar surface area (TPSA) is 53.9 Å². The van der Waals surface area contributed by atoms with Gasteiger partial charge in [-0.15, -0.1) is 0 Å². The molecule has 0 radical (unpaired) electrons. The highest BCUT2D eigenvalue weighted by atomic mass is 79.9. The normalized spacial score (nSPS) is 15.3. The lowest BCUT2D eigenvalue weighted by Crippen LogP contribution is -2.47. The third-order valence-electron chi connectivity index (χ3n) is 3.05. The molecule has 0 unspecified atom stereocenters. The maximum absolute atomic E-state index is 12.1. The molecule has 120 valence electrons. The molecule has 1 heterocycles. The van der Waals surface area contributed by atoms with E-state index in [9.17, 15) is 4.79 Å². The number of aliphatic imine (C=N–C) groups is 1. The molecular weight excluding hydrogens is 346 g/mol. The van der Waals surface area contributed by atoms with Gasteiger partial charge in [0, 0.05) is 17.6 Å². The van der Waals surface area contributed by atoms with Crippen molar-refractivity contribution < 1.29 is 9.53 Å². The van der Waals surface area contributed by atoms with Crippen LogP contribution in [0.5, 0.6) is 0 Å². The van der Waals surface area contributed by atoms with Crippen LogP contribution in [0.15, 0.2) is 33.7 Å². The van der Waals surface area contributed by atoms with Crippen LogP contribution in [0.25, 0.3) is 0 Å². The molecule has 0 aromatic heterocycles. The first-order valence-corrected chi connectivity index (χ1v) is 8.12. The van der Waals surface area contributed by atoms with Gasteiger partial charge < -0.3 is 10.1 Å². The van der Waals surface area contributed by atoms with Gasteiger partial charge in [0.2, 0.25) is 0 Å². The quantitative estimate of drug-likeness (QED) is 0.872. The predicted molar refractivity (Wildman–Crippen MR) is 91.1 cm³/mol. The molecule has 5 nitrogen and oxygen atoms in total. The number of nitrogens with zero attached hydrogens (tertiary/aromatic N) is 2. The number of amides is 1. The summed E-state index contributed by atoms with van der Waals surface area (Å²) in [4.78, 5) is 18.2. The Balaban J connectivity index is 1.88. The highest BCUT2D eigenvalue weighted by Gasteiger charge is 2.24. The van der Waals surface area contributed by atoms with Gasteiger partial charge in [0.15, 0.2) is 0 Å². The Hall–Kier alpha value is -1.56. The van der Waals surface area contributed by atoms with Crippen LogP contribution in [0.1, 0.15) is 26.3 Å². The largest absolute Gasteiger partial charge is 0.444 e. The van der Waals surface area contributed by atoms with E-state index in [1.165, 1.54) is 0 Å². The fourth-order valence-corrected chi connectivity index (χ4v) is 2.51. The van der Waals surface area contributed by atoms with Crippen LogP contribution in [0.3, 0.4) is 0 Å². The zero-order valence-electron chi connectivity index (χ0n) is 13.2. The Morgan fingerprint density at radius 1 is 1.45 bits per heavy atom. The van der Waals surface area contributed by atoms with Crippen molar-refractivity contribution in [1.82, 2.24) is 10.2 Å². The molecule has 1 amide bonds. The van der Waals surface area contributed by atoms with E-state index in [1.807, 2.05) is 39.0 Å². The smallest absolute Gasteiger partial charge is 0.410 e. The molecule has 1 aromatic rings. The molecule has 0 atom stereocenters. The molecular formula is C16H22BrN3O2. The summed E-state index contributed by atoms with van der Waals surface area (Å²) < 4.78 is 6.45. The standard InChI is InChI=1S/C16H22BrN3O2/c1-16(2,3)22-15(21)20-8-7-18-14(11-20)19-10-12-5-4-6-13(17)9-12/h4-6,9H,7-8,10-11H2,1-3H3,(H,18,19). The predicted octanol–water partition coefficient (Wildman–Crippen LogP) is 3.19. The lowest BCUT2D eigenvalue weighted by molar-refractivity contribution is 0.0276. The minimum absolute atomic E-state index is 0.288. The van der Waals surface area contributed by atoms with Crippen molar-refractivity contribution in [3.8, 4) is 0 Å². The second kappa shape index (κ2) is 7.13. The number of hydrogen-bond donors (Lipinski definition) is 1. The number of carbonyl (C=O) groups is 1. The highest BCUT2D eigenvalue weighted by Crippen LogP contribution is 2.12. The average Bonchev–Trinajstić information content (AvgIpc) is 2.44. The fourth-order valence-electron chi connectivity index (χ4n) is 2.06. The van der Waals surface area contributed by atoms with Crippen LogP contribution in [0, 0.1) is 0 Å². The van der Waals surface area contributed by atoms with E-state index in [0.717, 1.165) is 15.9 Å². The SMILES string of the molecule is CC(C)(C)OC(=O)N1CCN=C(NCc2cccc(Br)c2)C1. The fraction of sp³-hybridized carbons (Fsp3) is 0.500. The van der Waals surface area contributed by atoms with Gasteiger partial charge in [-0.3, -0.25) is 9.89 Å². The van der Waals surface area contributed by atoms with Gasteiger partial charge in [0.05, 0.1) is 13.1 Å². The maximum atomic E-state index is 12.1. The van der Waals surface area contributed by atoms with E-state index in [-0.39, 0.29) is 6.09 Å². The van der Waals surface area contributed by atoms with Crippen LogP contribution in [0.2, 0.25) is 0 Å². The number of benzene rings is 1. The summed E-state index contributed by atoms with van der Waals surface area (Å²) in [6.07, 6.45) is -0.288. The van der Waals surface area contributed by atoms with Gasteiger partial charge in [-0.1, -0.05) is 28.1 Å². The minimum Gasteiger partial charge on any atom is -0.444 e. The Morgan fingerprint density at radius 3 is 2.91 bits per heavy atom. The number of halogens is 1. The molecule has 1 N–H and O–H groups in total. The Kier molecular flexibility index (Phi) is 5.45. The molecule has 0 saturated carbocycles. The van der Waals surface area contributed by atoms with Crippen LogP contribution in [0.4, 0.5) is 4.79 Å². The van der Waals surface area contributed by atoms with E-state index in [0.29, 0.717) is 26.2 Å². The molecule has 6 heteroatoms. The van der Waals surface area contributed by atoms with E-state index in [1.54, 1.807) is 4.90 Å². The number of ether oxygens (including phenoxy) is 1. The van der Waals surface area contributed by atoms with Gasteiger partial charge in [-0.25, -0.2) is 4.79 Å². The van der Waals surface area contributed by atoms with E-state index in [2.05, 4.69) is 32.3 Å². The zero-order valence-corrected chi connectivity index (χ0v) is 14.8. The summed E-state index contributed by atoms with van der Waals surface area (Å²) in [6.45, 7) is 7.94. The summed E-state index contributed by atoms with van der Waals surface area (Å²) in [7, 11) is 0. The molecule has 0 aliphatic carbocycles. The van der Waals surface area contributed by atoms with Crippen molar-refractivity contribution in [3.05, 3.63) is 34.3 Å². The van der Waals surface area contributed by atoms with Gasteiger partial charge >= 0.3 is 6.09 Å². The second-order valence-electron chi connectivity index (χ2n) is 6.21. The molecule has 1 aliphatic rings. The molecule has 0 bridgehead atoms. The number of nitrogens with one attached hydrogen (secondary N) is 1. The molecule has 0 fully saturated rings. The number of carbonyl (C=O) groups excluding carboxylic acids is 1. The van der Waals surface area contributed by atoms with E-state index >= 15 is 0 Å². The summed E-state index contributed by atoms with van der Waals surface area (Å²) >= 11 is 3.46. The highest BCUT2D eigenvalue weighted by molar-refractivity contribution is 9.10. The van der Waals surface area contributed by atoms with Crippen LogP contribution in [-0.2, 0) is 11.3 Å². The van der Waals surface area contributed by atoms with Crippen molar-refractivity contribution in [2.75, 3.05) is 19.6 Å². The Bertz CT molecular complexity index is 567. The van der Waals surface area contributed by atoms with E-state index < -0.39 is 5.60 Å². The maximum Gasteiger partial charge on any atom is 0.410 e. The second-order valence-corrected chi connectivity index (χ2v) is 7.13. The van der Waals surface area contributed by atoms with Crippen LogP contribution < -0.4 is 5.32 Å². The average molecular weight is 368 g/mol. The summed E-state index contributed by atoms with van der Waals surface area (Å²) in [6, 6.07) is 8.09. The number of hydrogen-bond acceptors (Lipinski definition) is 4.